The number of amides is 1. The molecule has 1 amide bonds. The summed E-state index contributed by atoms with van der Waals surface area (Å²) in [5.41, 5.74) is 0. The summed E-state index contributed by atoms with van der Waals surface area (Å²) in [6.45, 7) is 1.06. The monoisotopic (exact) mass is 225 g/mol. The van der Waals surface area contributed by atoms with Gasteiger partial charge in [-0.25, -0.2) is 0 Å². The van der Waals surface area contributed by atoms with E-state index in [1.165, 1.54) is 25.7 Å². The van der Waals surface area contributed by atoms with E-state index in [1.54, 1.807) is 0 Å². The Labute approximate surface area is 97.6 Å². The minimum Gasteiger partial charge on any atom is -0.396 e. The van der Waals surface area contributed by atoms with Crippen molar-refractivity contribution in [1.82, 2.24) is 5.32 Å². The van der Waals surface area contributed by atoms with Crippen LogP contribution in [0.25, 0.3) is 0 Å². The van der Waals surface area contributed by atoms with Crippen LogP contribution in [-0.2, 0) is 4.79 Å². The average molecular weight is 225 g/mol. The second kappa shape index (κ2) is 5.67. The number of hydrogen-bond acceptors (Lipinski definition) is 2. The molecule has 2 N–H and O–H groups in total. The molecule has 0 bridgehead atoms. The fraction of sp³-hybridized carbons (Fsp3) is 0.923. The molecule has 2 rings (SSSR count). The number of nitrogens with one attached hydrogen (secondary N) is 1. The fourth-order valence-corrected chi connectivity index (χ4v) is 2.69. The van der Waals surface area contributed by atoms with Gasteiger partial charge >= 0.3 is 0 Å². The normalized spacial score (nSPS) is 30.1. The second-order valence-corrected chi connectivity index (χ2v) is 5.44. The lowest BCUT2D eigenvalue weighted by atomic mass is 9.79. The van der Waals surface area contributed by atoms with Gasteiger partial charge in [0.2, 0.25) is 5.91 Å². The largest absolute Gasteiger partial charge is 0.396 e. The summed E-state index contributed by atoms with van der Waals surface area (Å²) in [4.78, 5) is 11.6. The van der Waals surface area contributed by atoms with E-state index in [-0.39, 0.29) is 12.5 Å². The minimum atomic E-state index is 0.213. The quantitative estimate of drug-likeness (QED) is 0.748. The first-order valence-corrected chi connectivity index (χ1v) is 6.67. The van der Waals surface area contributed by atoms with Gasteiger partial charge in [-0.15, -0.1) is 0 Å². The third-order valence-corrected chi connectivity index (χ3v) is 4.03. The number of aliphatic hydroxyl groups is 1. The van der Waals surface area contributed by atoms with Crippen LogP contribution in [0.15, 0.2) is 0 Å². The van der Waals surface area contributed by atoms with Gasteiger partial charge in [-0.3, -0.25) is 4.79 Å². The standard InChI is InChI=1S/C13H23NO2/c15-9-12-4-2-1-3-11(12)8-14-13(16)7-10-5-6-10/h10-12,15H,1-9H2,(H,14,16). The lowest BCUT2D eigenvalue weighted by molar-refractivity contribution is -0.121. The summed E-state index contributed by atoms with van der Waals surface area (Å²) in [5, 5.41) is 12.3. The van der Waals surface area contributed by atoms with Gasteiger partial charge in [0.05, 0.1) is 0 Å². The van der Waals surface area contributed by atoms with Crippen LogP contribution >= 0.6 is 0 Å². The van der Waals surface area contributed by atoms with E-state index in [4.69, 9.17) is 0 Å². The lowest BCUT2D eigenvalue weighted by Gasteiger charge is -2.30. The van der Waals surface area contributed by atoms with E-state index < -0.39 is 0 Å². The minimum absolute atomic E-state index is 0.213. The molecule has 0 radical (unpaired) electrons. The van der Waals surface area contributed by atoms with E-state index in [0.717, 1.165) is 25.8 Å². The van der Waals surface area contributed by atoms with Crippen molar-refractivity contribution in [1.29, 1.82) is 0 Å². The van der Waals surface area contributed by atoms with Crippen LogP contribution in [0.4, 0.5) is 0 Å². The summed E-state index contributed by atoms with van der Waals surface area (Å²) in [5.74, 6) is 1.79. The van der Waals surface area contributed by atoms with Gasteiger partial charge in [0, 0.05) is 19.6 Å². The molecule has 3 nitrogen and oxygen atoms in total. The van der Waals surface area contributed by atoms with Crippen LogP contribution in [0.5, 0.6) is 0 Å². The zero-order valence-corrected chi connectivity index (χ0v) is 9.95. The van der Waals surface area contributed by atoms with Crippen molar-refractivity contribution in [3.63, 3.8) is 0 Å². The zero-order chi connectivity index (χ0) is 11.4. The molecule has 3 heteroatoms. The smallest absolute Gasteiger partial charge is 0.220 e. The van der Waals surface area contributed by atoms with Gasteiger partial charge in [-0.05, 0) is 43.4 Å². The Bertz CT molecular complexity index is 238. The van der Waals surface area contributed by atoms with Crippen LogP contribution in [0.3, 0.4) is 0 Å². The summed E-state index contributed by atoms with van der Waals surface area (Å²) >= 11 is 0. The molecular formula is C13H23NO2. The number of carbonyl (C=O) groups is 1. The Kier molecular flexibility index (Phi) is 4.22. The highest BCUT2D eigenvalue weighted by Gasteiger charge is 2.27. The molecule has 0 spiro atoms. The van der Waals surface area contributed by atoms with Crippen LogP contribution in [0.2, 0.25) is 0 Å². The Balaban J connectivity index is 1.68. The van der Waals surface area contributed by atoms with Crippen molar-refractivity contribution in [3.8, 4) is 0 Å². The van der Waals surface area contributed by atoms with Crippen molar-refractivity contribution >= 4 is 5.91 Å². The highest BCUT2D eigenvalue weighted by molar-refractivity contribution is 5.76. The molecule has 2 saturated carbocycles. The molecule has 2 aliphatic carbocycles. The molecule has 92 valence electrons. The van der Waals surface area contributed by atoms with Gasteiger partial charge in [-0.1, -0.05) is 12.8 Å². The first kappa shape index (κ1) is 11.9. The Hall–Kier alpha value is -0.570. The first-order valence-electron chi connectivity index (χ1n) is 6.67. The van der Waals surface area contributed by atoms with Crippen LogP contribution < -0.4 is 5.32 Å². The van der Waals surface area contributed by atoms with Gasteiger partial charge in [0.1, 0.15) is 0 Å². The van der Waals surface area contributed by atoms with E-state index in [2.05, 4.69) is 5.32 Å². The molecule has 0 aromatic carbocycles. The molecule has 16 heavy (non-hydrogen) atoms. The van der Waals surface area contributed by atoms with E-state index in [9.17, 15) is 9.90 Å². The molecule has 2 aliphatic rings. The van der Waals surface area contributed by atoms with Gasteiger partial charge < -0.3 is 10.4 Å². The predicted molar refractivity (Wildman–Crippen MR) is 62.9 cm³/mol. The summed E-state index contributed by atoms with van der Waals surface area (Å²) in [6, 6.07) is 0. The maximum Gasteiger partial charge on any atom is 0.220 e. The van der Waals surface area contributed by atoms with E-state index >= 15 is 0 Å². The van der Waals surface area contributed by atoms with Crippen molar-refractivity contribution < 1.29 is 9.90 Å². The average Bonchev–Trinajstić information content (AvgIpc) is 3.10. The number of rotatable bonds is 5. The molecule has 2 atom stereocenters. The lowest BCUT2D eigenvalue weighted by Crippen LogP contribution is -2.35. The summed E-state index contributed by atoms with van der Waals surface area (Å²) < 4.78 is 0. The van der Waals surface area contributed by atoms with Crippen LogP contribution in [-0.4, -0.2) is 24.2 Å². The van der Waals surface area contributed by atoms with Crippen molar-refractivity contribution in [2.75, 3.05) is 13.2 Å². The maximum absolute atomic E-state index is 11.6. The van der Waals surface area contributed by atoms with E-state index in [1.807, 2.05) is 0 Å². The van der Waals surface area contributed by atoms with Crippen molar-refractivity contribution in [2.45, 2.75) is 44.9 Å². The van der Waals surface area contributed by atoms with Gasteiger partial charge in [-0.2, -0.15) is 0 Å². The highest BCUT2D eigenvalue weighted by Crippen LogP contribution is 2.32. The third-order valence-electron chi connectivity index (χ3n) is 4.03. The molecular weight excluding hydrogens is 202 g/mol. The van der Waals surface area contributed by atoms with E-state index in [0.29, 0.717) is 17.8 Å². The molecule has 2 unspecified atom stereocenters. The number of hydrogen-bond donors (Lipinski definition) is 2. The van der Waals surface area contributed by atoms with Crippen LogP contribution in [0.1, 0.15) is 44.9 Å². The van der Waals surface area contributed by atoms with Crippen molar-refractivity contribution in [2.24, 2.45) is 17.8 Å². The number of carbonyl (C=O) groups excluding carboxylic acids is 1. The van der Waals surface area contributed by atoms with Gasteiger partial charge in [0.25, 0.3) is 0 Å². The highest BCUT2D eigenvalue weighted by atomic mass is 16.3. The number of aliphatic hydroxyl groups excluding tert-OH is 1. The van der Waals surface area contributed by atoms with Crippen molar-refractivity contribution in [3.05, 3.63) is 0 Å². The summed E-state index contributed by atoms with van der Waals surface area (Å²) in [7, 11) is 0. The fourth-order valence-electron chi connectivity index (χ4n) is 2.69. The maximum atomic E-state index is 11.6. The Morgan fingerprint density at radius 2 is 1.81 bits per heavy atom. The third kappa shape index (κ3) is 3.48. The predicted octanol–water partition coefficient (Wildman–Crippen LogP) is 1.70. The Morgan fingerprint density at radius 3 is 2.44 bits per heavy atom. The first-order chi connectivity index (χ1) is 7.79. The zero-order valence-electron chi connectivity index (χ0n) is 9.95. The summed E-state index contributed by atoms with van der Waals surface area (Å²) in [6.07, 6.45) is 7.95. The molecule has 0 aromatic heterocycles. The SMILES string of the molecule is O=C(CC1CC1)NCC1CCCCC1CO. The molecule has 2 fully saturated rings. The molecule has 0 aliphatic heterocycles. The second-order valence-electron chi connectivity index (χ2n) is 5.44. The van der Waals surface area contributed by atoms with Gasteiger partial charge in [0.15, 0.2) is 0 Å². The molecule has 0 saturated heterocycles. The topological polar surface area (TPSA) is 49.3 Å². The molecule has 0 aromatic rings. The van der Waals surface area contributed by atoms with Crippen LogP contribution in [0, 0.1) is 17.8 Å². The molecule has 0 heterocycles. The Morgan fingerprint density at radius 1 is 1.12 bits per heavy atom.